The molecule has 7 heteroatoms. The van der Waals surface area contributed by atoms with Gasteiger partial charge in [-0.25, -0.2) is 13.2 Å². The van der Waals surface area contributed by atoms with Gasteiger partial charge in [0.15, 0.2) is 0 Å². The molecule has 0 atom stereocenters. The summed E-state index contributed by atoms with van der Waals surface area (Å²) >= 11 is 0. The second-order valence-corrected chi connectivity index (χ2v) is 8.79. The maximum absolute atomic E-state index is 13.1. The molecule has 154 valence electrons. The number of aromatic carboxylic acids is 1. The van der Waals surface area contributed by atoms with Crippen molar-refractivity contribution in [3.05, 3.63) is 77.9 Å². The van der Waals surface area contributed by atoms with Gasteiger partial charge in [-0.2, -0.15) is 0 Å². The first-order valence-electron chi connectivity index (χ1n) is 9.65. The Balaban J connectivity index is 1.72. The van der Waals surface area contributed by atoms with Gasteiger partial charge in [0, 0.05) is 0 Å². The number of hydrogen-bond donors (Lipinski definition) is 2. The van der Waals surface area contributed by atoms with Crippen LogP contribution in [0.25, 0.3) is 11.1 Å². The Hall–Kier alpha value is -3.32. The van der Waals surface area contributed by atoms with Crippen LogP contribution in [0.1, 0.15) is 28.8 Å². The molecule has 6 nitrogen and oxygen atoms in total. The number of aryl methyl sites for hydroxylation is 1. The Labute approximate surface area is 175 Å². The predicted molar refractivity (Wildman–Crippen MR) is 115 cm³/mol. The third-order valence-corrected chi connectivity index (χ3v) is 6.40. The molecule has 3 aromatic carbocycles. The number of ether oxygens (including phenoxy) is 1. The second kappa shape index (κ2) is 8.20. The molecule has 0 unspecified atom stereocenters. The van der Waals surface area contributed by atoms with Crippen molar-refractivity contribution in [3.63, 3.8) is 0 Å². The summed E-state index contributed by atoms with van der Waals surface area (Å²) < 4.78 is 34.2. The summed E-state index contributed by atoms with van der Waals surface area (Å²) in [5, 5.41) is 9.53. The molecule has 0 saturated carbocycles. The molecule has 0 saturated heterocycles. The van der Waals surface area contributed by atoms with E-state index in [0.717, 1.165) is 30.4 Å². The molecule has 1 aliphatic heterocycles. The van der Waals surface area contributed by atoms with Gasteiger partial charge in [-0.3, -0.25) is 4.72 Å². The normalized spacial score (nSPS) is 13.6. The van der Waals surface area contributed by atoms with Gasteiger partial charge in [0.2, 0.25) is 0 Å². The van der Waals surface area contributed by atoms with E-state index in [1.54, 1.807) is 24.3 Å². The summed E-state index contributed by atoms with van der Waals surface area (Å²) in [4.78, 5) is 11.7. The smallest absolute Gasteiger partial charge is 0.337 e. The highest BCUT2D eigenvalue weighted by Gasteiger charge is 2.21. The number of carboxylic acid groups (broad SMARTS) is 1. The average molecular weight is 423 g/mol. The molecule has 0 fully saturated rings. The van der Waals surface area contributed by atoms with Crippen LogP contribution in [0.4, 0.5) is 5.69 Å². The van der Waals surface area contributed by atoms with Crippen LogP contribution in [-0.4, -0.2) is 26.1 Å². The minimum absolute atomic E-state index is 0.0232. The van der Waals surface area contributed by atoms with Gasteiger partial charge in [0.1, 0.15) is 5.75 Å². The Kier molecular flexibility index (Phi) is 5.46. The lowest BCUT2D eigenvalue weighted by Crippen LogP contribution is -2.16. The van der Waals surface area contributed by atoms with Crippen LogP contribution in [0, 0.1) is 0 Å². The van der Waals surface area contributed by atoms with Crippen molar-refractivity contribution >= 4 is 21.7 Å². The van der Waals surface area contributed by atoms with Gasteiger partial charge in [-0.05, 0) is 66.3 Å². The third kappa shape index (κ3) is 4.16. The average Bonchev–Trinajstić information content (AvgIpc) is 2.99. The molecular formula is C23H21NO5S. The van der Waals surface area contributed by atoms with Crippen LogP contribution >= 0.6 is 0 Å². The molecule has 0 aliphatic carbocycles. The number of carbonyl (C=O) groups is 1. The van der Waals surface area contributed by atoms with Crippen molar-refractivity contribution in [2.75, 3.05) is 11.3 Å². The van der Waals surface area contributed by atoms with E-state index in [-0.39, 0.29) is 16.1 Å². The van der Waals surface area contributed by atoms with Gasteiger partial charge in [-0.15, -0.1) is 0 Å². The molecular weight excluding hydrogens is 402 g/mol. The van der Waals surface area contributed by atoms with Crippen molar-refractivity contribution in [2.24, 2.45) is 0 Å². The Bertz CT molecular complexity index is 1190. The Morgan fingerprint density at radius 2 is 1.73 bits per heavy atom. The summed E-state index contributed by atoms with van der Waals surface area (Å²) in [6.45, 7) is 0.617. The lowest BCUT2D eigenvalue weighted by Gasteiger charge is -2.14. The van der Waals surface area contributed by atoms with E-state index in [4.69, 9.17) is 4.74 Å². The fraction of sp³-hybridized carbons (Fsp3) is 0.174. The second-order valence-electron chi connectivity index (χ2n) is 7.11. The van der Waals surface area contributed by atoms with E-state index < -0.39 is 16.0 Å². The Morgan fingerprint density at radius 1 is 0.933 bits per heavy atom. The maximum atomic E-state index is 13.1. The number of carboxylic acids is 1. The van der Waals surface area contributed by atoms with Crippen molar-refractivity contribution < 1.29 is 23.1 Å². The summed E-state index contributed by atoms with van der Waals surface area (Å²) in [5.41, 5.74) is 2.32. The van der Waals surface area contributed by atoms with Gasteiger partial charge in [-0.1, -0.05) is 36.4 Å². The van der Waals surface area contributed by atoms with Crippen molar-refractivity contribution in [1.82, 2.24) is 0 Å². The molecule has 0 bridgehead atoms. The SMILES string of the molecule is O=C(O)c1ccc(-c2ccccc2)cc1NS(=O)(=O)c1ccc2c(c1)CCCCO2. The number of anilines is 1. The molecule has 0 spiro atoms. The van der Waals surface area contributed by atoms with Crippen molar-refractivity contribution in [2.45, 2.75) is 24.2 Å². The highest BCUT2D eigenvalue weighted by Crippen LogP contribution is 2.30. The van der Waals surface area contributed by atoms with E-state index >= 15 is 0 Å². The van der Waals surface area contributed by atoms with Crippen molar-refractivity contribution in [1.29, 1.82) is 0 Å². The molecule has 0 radical (unpaired) electrons. The lowest BCUT2D eigenvalue weighted by molar-refractivity contribution is 0.0698. The number of hydrogen-bond acceptors (Lipinski definition) is 4. The van der Waals surface area contributed by atoms with E-state index in [1.807, 2.05) is 30.3 Å². The third-order valence-electron chi connectivity index (χ3n) is 5.04. The van der Waals surface area contributed by atoms with Gasteiger partial charge in [0.05, 0.1) is 22.8 Å². The Morgan fingerprint density at radius 3 is 2.50 bits per heavy atom. The maximum Gasteiger partial charge on any atom is 0.337 e. The molecule has 30 heavy (non-hydrogen) atoms. The predicted octanol–water partition coefficient (Wildman–Crippen LogP) is 4.57. The van der Waals surface area contributed by atoms with E-state index in [2.05, 4.69) is 4.72 Å². The first kappa shape index (κ1) is 20.0. The zero-order valence-corrected chi connectivity index (χ0v) is 17.0. The van der Waals surface area contributed by atoms with Crippen LogP contribution in [0.2, 0.25) is 0 Å². The minimum atomic E-state index is -3.98. The van der Waals surface area contributed by atoms with E-state index in [9.17, 15) is 18.3 Å². The zero-order chi connectivity index (χ0) is 21.1. The quantitative estimate of drug-likeness (QED) is 0.627. The summed E-state index contributed by atoms with van der Waals surface area (Å²) in [7, 11) is -3.98. The monoisotopic (exact) mass is 423 g/mol. The molecule has 4 rings (SSSR count). The summed E-state index contributed by atoms with van der Waals surface area (Å²) in [6.07, 6.45) is 2.58. The lowest BCUT2D eigenvalue weighted by atomic mass is 10.0. The van der Waals surface area contributed by atoms with Crippen molar-refractivity contribution in [3.8, 4) is 16.9 Å². The first-order chi connectivity index (χ1) is 14.4. The van der Waals surface area contributed by atoms with Gasteiger partial charge >= 0.3 is 5.97 Å². The number of sulfonamides is 1. The molecule has 2 N–H and O–H groups in total. The first-order valence-corrected chi connectivity index (χ1v) is 11.1. The van der Waals surface area contributed by atoms with Crippen LogP contribution < -0.4 is 9.46 Å². The van der Waals surface area contributed by atoms with Gasteiger partial charge in [0.25, 0.3) is 10.0 Å². The summed E-state index contributed by atoms with van der Waals surface area (Å²) in [5.74, 6) is -0.508. The molecule has 1 heterocycles. The largest absolute Gasteiger partial charge is 0.493 e. The number of fused-ring (bicyclic) bond motifs is 1. The standard InChI is InChI=1S/C23H21NO5S/c25-23(26)20-11-9-17(16-6-2-1-3-7-16)15-21(20)24-30(27,28)19-10-12-22-18(14-19)8-4-5-13-29-22/h1-3,6-7,9-12,14-15,24H,4-5,8,13H2,(H,25,26). The fourth-order valence-corrected chi connectivity index (χ4v) is 4.61. The molecule has 3 aromatic rings. The van der Waals surface area contributed by atoms with Crippen LogP contribution in [0.5, 0.6) is 5.75 Å². The van der Waals surface area contributed by atoms with Crippen LogP contribution in [0.3, 0.4) is 0 Å². The summed E-state index contributed by atoms with van der Waals surface area (Å²) in [6, 6.07) is 18.7. The zero-order valence-electron chi connectivity index (χ0n) is 16.2. The topological polar surface area (TPSA) is 92.7 Å². The fourth-order valence-electron chi connectivity index (χ4n) is 3.49. The highest BCUT2D eigenvalue weighted by atomic mass is 32.2. The molecule has 1 aliphatic rings. The van der Waals surface area contributed by atoms with Crippen LogP contribution in [0.15, 0.2) is 71.6 Å². The number of benzene rings is 3. The van der Waals surface area contributed by atoms with E-state index in [0.29, 0.717) is 17.9 Å². The minimum Gasteiger partial charge on any atom is -0.493 e. The molecule has 0 amide bonds. The van der Waals surface area contributed by atoms with Gasteiger partial charge < -0.3 is 9.84 Å². The van der Waals surface area contributed by atoms with Crippen LogP contribution in [-0.2, 0) is 16.4 Å². The highest BCUT2D eigenvalue weighted by molar-refractivity contribution is 7.92. The molecule has 0 aromatic heterocycles. The van der Waals surface area contributed by atoms with E-state index in [1.165, 1.54) is 12.1 Å². The number of rotatable bonds is 5. The number of nitrogens with one attached hydrogen (secondary N) is 1.